The molecule has 0 heterocycles. The Morgan fingerprint density at radius 2 is 0.690 bits per heavy atom. The molecule has 5 N–H and O–H groups in total. The molecule has 0 radical (unpaired) electrons. The second kappa shape index (κ2) is 32.2. The molecule has 0 saturated carbocycles. The van der Waals surface area contributed by atoms with Crippen LogP contribution in [0.2, 0.25) is 0 Å². The first kappa shape index (κ1) is 67.8. The molecule has 3 amide bonds. The van der Waals surface area contributed by atoms with Crippen molar-refractivity contribution in [2.45, 2.75) is 150 Å². The number of amides is 3. The number of alkyl carbamates (subject to hydrolysis) is 3. The summed E-state index contributed by atoms with van der Waals surface area (Å²) in [4.78, 5) is 70.0. The number of ether oxygens (including phenoxy) is 3. The third-order valence-corrected chi connectivity index (χ3v) is 12.7. The van der Waals surface area contributed by atoms with Crippen LogP contribution in [0.4, 0.5) is 14.4 Å². The van der Waals surface area contributed by atoms with Crippen molar-refractivity contribution < 1.29 is 58.3 Å². The maximum atomic E-state index is 12.2. The molecule has 5 unspecified atom stereocenters. The smallest absolute Gasteiger partial charge is 0.407 e. The Hall–Kier alpha value is -8.72. The van der Waals surface area contributed by atoms with Crippen LogP contribution in [0.3, 0.4) is 0 Å². The van der Waals surface area contributed by atoms with Crippen molar-refractivity contribution in [2.75, 3.05) is 0 Å². The summed E-state index contributed by atoms with van der Waals surface area (Å²) in [6.07, 6.45) is 0.585. The number of rotatable bonds is 21. The van der Waals surface area contributed by atoms with Crippen LogP contribution in [-0.2, 0) is 47.9 Å². The first-order chi connectivity index (χ1) is 39.4. The van der Waals surface area contributed by atoms with E-state index in [2.05, 4.69) is 34.7 Å². The third-order valence-electron chi connectivity index (χ3n) is 12.7. The zero-order chi connectivity index (χ0) is 62.2. The van der Waals surface area contributed by atoms with Gasteiger partial charge >= 0.3 is 30.2 Å². The molecule has 15 heteroatoms. The molecule has 0 fully saturated rings. The van der Waals surface area contributed by atoms with E-state index >= 15 is 0 Å². The Morgan fingerprint density at radius 3 is 0.952 bits per heavy atom. The summed E-state index contributed by atoms with van der Waals surface area (Å²) in [5.41, 5.74) is 7.90. The number of carbonyl (C=O) groups is 6. The quantitative estimate of drug-likeness (QED) is 0.0335. The predicted molar refractivity (Wildman–Crippen MR) is 328 cm³/mol. The van der Waals surface area contributed by atoms with Crippen LogP contribution in [0.25, 0.3) is 33.4 Å². The summed E-state index contributed by atoms with van der Waals surface area (Å²) in [7, 11) is 0. The van der Waals surface area contributed by atoms with E-state index in [1.54, 1.807) is 76.2 Å². The SMILES string of the molecule is C=C(CC(Cc1ccc(-c2ccccc2)cc1)NC(=O)OC(C)(C)C)C(=O)O.CC(CC(Cc1ccc(-c2ccccc2)cc1)NC(=O)OC(C)(C)C)C(=O)O.CC(CC(Cc1ccc(-c2ccccc2)cc1)NC(=O)OC(C)(C)C)C(=O)[O-]. The van der Waals surface area contributed by atoms with Crippen LogP contribution in [0, 0.1) is 11.8 Å². The number of benzene rings is 6. The minimum atomic E-state index is -1.13. The van der Waals surface area contributed by atoms with Gasteiger partial charge in [0.25, 0.3) is 0 Å². The molecule has 448 valence electrons. The van der Waals surface area contributed by atoms with Gasteiger partial charge in [-0.2, -0.15) is 0 Å². The molecule has 15 nitrogen and oxygen atoms in total. The van der Waals surface area contributed by atoms with Gasteiger partial charge in [0.05, 0.1) is 5.92 Å². The lowest BCUT2D eigenvalue weighted by Gasteiger charge is -2.26. The van der Waals surface area contributed by atoms with Gasteiger partial charge < -0.3 is 50.3 Å². The molecule has 0 aliphatic heterocycles. The number of carboxylic acids is 3. The van der Waals surface area contributed by atoms with Crippen LogP contribution >= 0.6 is 0 Å². The van der Waals surface area contributed by atoms with Crippen LogP contribution in [0.1, 0.15) is 112 Å². The van der Waals surface area contributed by atoms with Gasteiger partial charge in [-0.1, -0.05) is 184 Å². The summed E-state index contributed by atoms with van der Waals surface area (Å²) in [5, 5.41) is 37.9. The summed E-state index contributed by atoms with van der Waals surface area (Å²) < 4.78 is 15.9. The van der Waals surface area contributed by atoms with E-state index in [0.717, 1.165) is 50.1 Å². The molecule has 6 rings (SSSR count). The minimum absolute atomic E-state index is 0.0435. The highest BCUT2D eigenvalue weighted by Gasteiger charge is 2.26. The Labute approximate surface area is 495 Å². The lowest BCUT2D eigenvalue weighted by molar-refractivity contribution is -0.311. The first-order valence-electron chi connectivity index (χ1n) is 28.2. The molecule has 5 atom stereocenters. The lowest BCUT2D eigenvalue weighted by Crippen LogP contribution is -2.43. The van der Waals surface area contributed by atoms with E-state index in [1.807, 2.05) is 152 Å². The average Bonchev–Trinajstić information content (AvgIpc) is 3.63. The third kappa shape index (κ3) is 26.5. The molecular weight excluding hydrogens is 1060 g/mol. The number of carbonyl (C=O) groups excluding carboxylic acids is 4. The fourth-order valence-corrected chi connectivity index (χ4v) is 8.66. The van der Waals surface area contributed by atoms with Crippen molar-refractivity contribution in [3.63, 3.8) is 0 Å². The molecule has 0 aliphatic rings. The summed E-state index contributed by atoms with van der Waals surface area (Å²) >= 11 is 0. The maximum Gasteiger partial charge on any atom is 0.407 e. The zero-order valence-corrected chi connectivity index (χ0v) is 50.4. The van der Waals surface area contributed by atoms with Crippen molar-refractivity contribution in [1.29, 1.82) is 0 Å². The van der Waals surface area contributed by atoms with Crippen molar-refractivity contribution in [1.82, 2.24) is 16.0 Å². The van der Waals surface area contributed by atoms with E-state index in [4.69, 9.17) is 19.3 Å². The molecule has 84 heavy (non-hydrogen) atoms. The van der Waals surface area contributed by atoms with Crippen LogP contribution in [0.5, 0.6) is 0 Å². The molecular formula is C69H84N3O12-. The van der Waals surface area contributed by atoms with E-state index in [0.29, 0.717) is 25.7 Å². The summed E-state index contributed by atoms with van der Waals surface area (Å²) in [6, 6.07) is 53.2. The summed E-state index contributed by atoms with van der Waals surface area (Å²) in [5.74, 6) is -4.33. The van der Waals surface area contributed by atoms with Crippen molar-refractivity contribution >= 4 is 36.2 Å². The highest BCUT2D eigenvalue weighted by molar-refractivity contribution is 5.86. The Bertz CT molecular complexity index is 2900. The standard InChI is InChI=1S/2C23H29NO4.C23H27NO4/c3*1-16(21(25)26)14-20(24-22(27)28-23(2,3)4)15-17-10-12-19(13-11-17)18-8-6-5-7-9-18/h2*5-13,16,20H,14-15H2,1-4H3,(H,24,27)(H,25,26);5-13,20H,1,14-15H2,2-4H3,(H,24,27)(H,25,26)/p-1. The number of carboxylic acid groups (broad SMARTS) is 3. The van der Waals surface area contributed by atoms with E-state index < -0.39 is 70.9 Å². The lowest BCUT2D eigenvalue weighted by atomic mass is 9.95. The van der Waals surface area contributed by atoms with Crippen molar-refractivity contribution in [3.05, 3.63) is 193 Å². The normalized spacial score (nSPS) is 13.0. The number of hydrogen-bond donors (Lipinski definition) is 5. The van der Waals surface area contributed by atoms with Crippen molar-refractivity contribution in [2.24, 2.45) is 11.8 Å². The molecule has 6 aromatic carbocycles. The van der Waals surface area contributed by atoms with Crippen LogP contribution in [-0.4, -0.2) is 81.3 Å². The van der Waals surface area contributed by atoms with Gasteiger partial charge in [-0.05, 0) is 157 Å². The van der Waals surface area contributed by atoms with E-state index in [-0.39, 0.29) is 30.5 Å². The van der Waals surface area contributed by atoms with Crippen LogP contribution in [0.15, 0.2) is 176 Å². The van der Waals surface area contributed by atoms with Crippen molar-refractivity contribution in [3.8, 4) is 33.4 Å². The first-order valence-corrected chi connectivity index (χ1v) is 28.2. The van der Waals surface area contributed by atoms with Gasteiger partial charge in [0.15, 0.2) is 0 Å². The monoisotopic (exact) mass is 1150 g/mol. The van der Waals surface area contributed by atoms with Gasteiger partial charge in [0, 0.05) is 29.7 Å². The second-order valence-electron chi connectivity index (χ2n) is 23.9. The number of aliphatic carboxylic acids is 3. The van der Waals surface area contributed by atoms with Gasteiger partial charge in [-0.25, -0.2) is 19.2 Å². The molecule has 0 saturated heterocycles. The highest BCUT2D eigenvalue weighted by atomic mass is 16.6. The fourth-order valence-electron chi connectivity index (χ4n) is 8.66. The minimum Gasteiger partial charge on any atom is -0.550 e. The Balaban J connectivity index is 0.000000270. The number of hydrogen-bond acceptors (Lipinski definition) is 10. The fraction of sp³-hybridized carbons (Fsp3) is 0.362. The van der Waals surface area contributed by atoms with Gasteiger partial charge in [0.2, 0.25) is 0 Å². The molecule has 0 bridgehead atoms. The largest absolute Gasteiger partial charge is 0.550 e. The highest BCUT2D eigenvalue weighted by Crippen LogP contribution is 2.25. The van der Waals surface area contributed by atoms with Gasteiger partial charge in [0.1, 0.15) is 16.8 Å². The molecule has 0 spiro atoms. The Kier molecular flexibility index (Phi) is 26.0. The van der Waals surface area contributed by atoms with Gasteiger partial charge in [-0.3, -0.25) is 4.79 Å². The zero-order valence-electron chi connectivity index (χ0n) is 50.4. The average molecular weight is 1150 g/mol. The second-order valence-corrected chi connectivity index (χ2v) is 23.9. The van der Waals surface area contributed by atoms with Gasteiger partial charge in [-0.15, -0.1) is 0 Å². The predicted octanol–water partition coefficient (Wildman–Crippen LogP) is 13.3. The maximum absolute atomic E-state index is 12.2. The topological polar surface area (TPSA) is 230 Å². The van der Waals surface area contributed by atoms with E-state index in [9.17, 15) is 39.0 Å². The van der Waals surface area contributed by atoms with Crippen LogP contribution < -0.4 is 21.1 Å². The van der Waals surface area contributed by atoms with E-state index in [1.165, 1.54) is 0 Å². The number of nitrogens with one attached hydrogen (secondary N) is 3. The summed E-state index contributed by atoms with van der Waals surface area (Å²) in [6.45, 7) is 22.9. The molecule has 6 aromatic rings. The Morgan fingerprint density at radius 1 is 0.429 bits per heavy atom. The molecule has 0 aliphatic carbocycles. The molecule has 0 aromatic heterocycles.